The second kappa shape index (κ2) is 8.47. The number of urea groups is 1. The van der Waals surface area contributed by atoms with Crippen molar-refractivity contribution in [3.8, 4) is 0 Å². The highest BCUT2D eigenvalue weighted by molar-refractivity contribution is 6.03. The minimum absolute atomic E-state index is 0.0318. The van der Waals surface area contributed by atoms with Gasteiger partial charge >= 0.3 is 18.2 Å². The number of esters is 1. The predicted molar refractivity (Wildman–Crippen MR) is 81.0 cm³/mol. The van der Waals surface area contributed by atoms with Gasteiger partial charge in [-0.25, -0.2) is 14.0 Å². The summed E-state index contributed by atoms with van der Waals surface area (Å²) in [7, 11) is 0. The molecule has 0 radical (unpaired) electrons. The van der Waals surface area contributed by atoms with Crippen LogP contribution in [0.1, 0.15) is 12.0 Å². The van der Waals surface area contributed by atoms with Gasteiger partial charge in [-0.05, 0) is 12.1 Å². The molecule has 0 bridgehead atoms. The Kier molecular flexibility index (Phi) is 6.32. The number of nitrogens with zero attached hydrogens (tertiary/aromatic N) is 1. The largest absolute Gasteiger partial charge is 0.453 e. The van der Waals surface area contributed by atoms with Gasteiger partial charge in [-0.2, -0.15) is 13.2 Å². The molecule has 1 atom stereocenters. The highest BCUT2D eigenvalue weighted by Gasteiger charge is 2.31. The Morgan fingerprint density at radius 2 is 2.04 bits per heavy atom. The molecule has 12 heteroatoms. The average molecular weight is 391 g/mol. The molecule has 1 aliphatic rings. The van der Waals surface area contributed by atoms with Crippen molar-refractivity contribution in [1.82, 2.24) is 10.6 Å². The molecule has 2 rings (SSSR count). The first-order valence-corrected chi connectivity index (χ1v) is 7.44. The summed E-state index contributed by atoms with van der Waals surface area (Å²) in [6.07, 6.45) is -5.84. The lowest BCUT2D eigenvalue weighted by molar-refractivity contribution is -0.158. The zero-order valence-corrected chi connectivity index (χ0v) is 13.5. The Morgan fingerprint density at radius 3 is 2.70 bits per heavy atom. The lowest BCUT2D eigenvalue weighted by Gasteiger charge is -2.10. The van der Waals surface area contributed by atoms with Gasteiger partial charge in [0.05, 0.1) is 5.71 Å². The number of hydrogen-bond donors (Lipinski definition) is 2. The third-order valence-corrected chi connectivity index (χ3v) is 3.14. The normalized spacial score (nSPS) is 16.1. The molecule has 1 aromatic rings. The SMILES string of the molecule is O=C(COC(=O)C1CC(c2cccc(F)c2)=NO1)NC(=O)NCC(F)(F)F. The van der Waals surface area contributed by atoms with Gasteiger partial charge in [-0.15, -0.1) is 0 Å². The summed E-state index contributed by atoms with van der Waals surface area (Å²) < 4.78 is 53.5. The molecule has 2 N–H and O–H groups in total. The fourth-order valence-corrected chi connectivity index (χ4v) is 1.96. The lowest BCUT2D eigenvalue weighted by atomic mass is 10.1. The van der Waals surface area contributed by atoms with Crippen LogP contribution in [0, 0.1) is 5.82 Å². The van der Waals surface area contributed by atoms with Gasteiger partial charge < -0.3 is 14.9 Å². The summed E-state index contributed by atoms with van der Waals surface area (Å²) in [5.74, 6) is -2.61. The molecule has 1 heterocycles. The number of carbonyl (C=O) groups excluding carboxylic acids is 3. The number of benzene rings is 1. The maximum absolute atomic E-state index is 13.2. The minimum Gasteiger partial charge on any atom is -0.453 e. The van der Waals surface area contributed by atoms with E-state index in [2.05, 4.69) is 9.89 Å². The maximum Gasteiger partial charge on any atom is 0.405 e. The molecule has 146 valence electrons. The minimum atomic E-state index is -4.63. The topological polar surface area (TPSA) is 106 Å². The van der Waals surface area contributed by atoms with Crippen LogP contribution in [0.5, 0.6) is 0 Å². The first kappa shape index (κ1) is 20.1. The molecule has 0 aromatic heterocycles. The first-order valence-electron chi connectivity index (χ1n) is 7.44. The number of nitrogens with one attached hydrogen (secondary N) is 2. The van der Waals surface area contributed by atoms with Crippen LogP contribution < -0.4 is 10.6 Å². The summed E-state index contributed by atoms with van der Waals surface area (Å²) in [5, 5.41) is 6.63. The van der Waals surface area contributed by atoms with Gasteiger partial charge in [0.2, 0.25) is 6.10 Å². The van der Waals surface area contributed by atoms with Gasteiger partial charge in [-0.1, -0.05) is 17.3 Å². The van der Waals surface area contributed by atoms with Crippen molar-refractivity contribution < 1.29 is 41.5 Å². The van der Waals surface area contributed by atoms with E-state index in [1.54, 1.807) is 11.4 Å². The van der Waals surface area contributed by atoms with Crippen LogP contribution in [-0.2, 0) is 19.2 Å². The van der Waals surface area contributed by atoms with Crippen LogP contribution in [0.2, 0.25) is 0 Å². The Labute approximate surface area is 149 Å². The van der Waals surface area contributed by atoms with E-state index in [0.717, 1.165) is 0 Å². The molecule has 0 fully saturated rings. The number of carbonyl (C=O) groups is 3. The summed E-state index contributed by atoms with van der Waals surface area (Å²) in [5.41, 5.74) is 0.705. The molecule has 1 unspecified atom stereocenters. The van der Waals surface area contributed by atoms with Crippen molar-refractivity contribution in [3.05, 3.63) is 35.6 Å². The van der Waals surface area contributed by atoms with E-state index in [-0.39, 0.29) is 6.42 Å². The highest BCUT2D eigenvalue weighted by Crippen LogP contribution is 2.18. The van der Waals surface area contributed by atoms with Crippen molar-refractivity contribution in [3.63, 3.8) is 0 Å². The van der Waals surface area contributed by atoms with Crippen LogP contribution >= 0.6 is 0 Å². The van der Waals surface area contributed by atoms with Crippen molar-refractivity contribution in [1.29, 1.82) is 0 Å². The molecule has 0 saturated carbocycles. The molecule has 1 aliphatic heterocycles. The Morgan fingerprint density at radius 1 is 1.30 bits per heavy atom. The quantitative estimate of drug-likeness (QED) is 0.581. The van der Waals surface area contributed by atoms with Gasteiger partial charge in [0.15, 0.2) is 6.61 Å². The number of alkyl halides is 3. The number of ether oxygens (including phenoxy) is 1. The summed E-state index contributed by atoms with van der Waals surface area (Å²) in [6.45, 7) is -2.53. The van der Waals surface area contributed by atoms with Crippen LogP contribution in [0.4, 0.5) is 22.4 Å². The molecule has 8 nitrogen and oxygen atoms in total. The van der Waals surface area contributed by atoms with Gasteiger partial charge in [0.1, 0.15) is 12.4 Å². The van der Waals surface area contributed by atoms with Crippen LogP contribution in [0.3, 0.4) is 0 Å². The van der Waals surface area contributed by atoms with E-state index in [9.17, 15) is 31.9 Å². The summed E-state index contributed by atoms with van der Waals surface area (Å²) in [6, 6.07) is 4.05. The van der Waals surface area contributed by atoms with E-state index in [0.29, 0.717) is 11.3 Å². The molecule has 1 aromatic carbocycles. The van der Waals surface area contributed by atoms with E-state index in [1.165, 1.54) is 23.5 Å². The van der Waals surface area contributed by atoms with Crippen molar-refractivity contribution in [2.75, 3.05) is 13.2 Å². The number of amides is 3. The molecule has 27 heavy (non-hydrogen) atoms. The van der Waals surface area contributed by atoms with Crippen molar-refractivity contribution in [2.45, 2.75) is 18.7 Å². The summed E-state index contributed by atoms with van der Waals surface area (Å²) in [4.78, 5) is 39.1. The van der Waals surface area contributed by atoms with Crippen LogP contribution in [-0.4, -0.2) is 49.1 Å². The third kappa shape index (κ3) is 6.56. The van der Waals surface area contributed by atoms with Crippen LogP contribution in [0.25, 0.3) is 0 Å². The van der Waals surface area contributed by atoms with E-state index in [4.69, 9.17) is 4.84 Å². The zero-order valence-electron chi connectivity index (χ0n) is 13.5. The highest BCUT2D eigenvalue weighted by atomic mass is 19.4. The molecular formula is C15H13F4N3O5. The smallest absolute Gasteiger partial charge is 0.405 e. The Bertz CT molecular complexity index is 766. The van der Waals surface area contributed by atoms with E-state index >= 15 is 0 Å². The second-order valence-corrected chi connectivity index (χ2v) is 5.30. The number of rotatable bonds is 5. The number of imide groups is 1. The van der Waals surface area contributed by atoms with Crippen molar-refractivity contribution >= 4 is 23.6 Å². The maximum atomic E-state index is 13.2. The zero-order chi connectivity index (χ0) is 20.0. The number of halogens is 4. The van der Waals surface area contributed by atoms with Crippen molar-refractivity contribution in [2.24, 2.45) is 5.16 Å². The molecular weight excluding hydrogens is 378 g/mol. The van der Waals surface area contributed by atoms with Gasteiger partial charge in [0.25, 0.3) is 5.91 Å². The third-order valence-electron chi connectivity index (χ3n) is 3.14. The Hall–Kier alpha value is -3.18. The fourth-order valence-electron chi connectivity index (χ4n) is 1.96. The van der Waals surface area contributed by atoms with Crippen LogP contribution in [0.15, 0.2) is 29.4 Å². The number of hydrogen-bond acceptors (Lipinski definition) is 6. The first-order chi connectivity index (χ1) is 12.6. The predicted octanol–water partition coefficient (Wildman–Crippen LogP) is 1.25. The van der Waals surface area contributed by atoms with Gasteiger partial charge in [-0.3, -0.25) is 10.1 Å². The molecule has 3 amide bonds. The summed E-state index contributed by atoms with van der Waals surface area (Å²) >= 11 is 0. The molecule has 0 spiro atoms. The molecule has 0 aliphatic carbocycles. The monoisotopic (exact) mass is 391 g/mol. The average Bonchev–Trinajstić information content (AvgIpc) is 3.07. The van der Waals surface area contributed by atoms with Gasteiger partial charge in [0, 0.05) is 12.0 Å². The second-order valence-electron chi connectivity index (χ2n) is 5.30. The number of oxime groups is 1. The molecule has 0 saturated heterocycles. The van der Waals surface area contributed by atoms with E-state index in [1.807, 2.05) is 0 Å². The standard InChI is InChI=1S/C15H13F4N3O5/c16-9-3-1-2-8(4-9)10-5-11(27-22-10)13(24)26-6-12(23)21-14(25)20-7-15(17,18)19/h1-4,11H,5-7H2,(H2,20,21,23,25). The van der Waals surface area contributed by atoms with E-state index < -0.39 is 49.2 Å². The fraction of sp³-hybridized carbons (Fsp3) is 0.333. The Balaban J connectivity index is 1.73. The lowest BCUT2D eigenvalue weighted by Crippen LogP contribution is -2.44.